The number of fused-ring (bicyclic) bond motifs is 1. The van der Waals surface area contributed by atoms with Crippen LogP contribution in [0.15, 0.2) is 64.0 Å². The fraction of sp³-hybridized carbons (Fsp3) is 0.500. The monoisotopic (exact) mass is 560 g/mol. The van der Waals surface area contributed by atoms with Crippen LogP contribution in [-0.4, -0.2) is 47.4 Å². The summed E-state index contributed by atoms with van der Waals surface area (Å²) < 4.78 is 11.6. The first-order valence-electron chi connectivity index (χ1n) is 14.7. The molecule has 2 aromatic carbocycles. The molecule has 1 fully saturated rings. The SMILES string of the molecule is Cc1ccc2occ(CN(Cc3ccccc3)C(=O)CN(CC3CCCO3)C(=O)CC(C)CC(C)(C)C)c(=O)c2c1. The van der Waals surface area contributed by atoms with Crippen LogP contribution in [0.5, 0.6) is 0 Å². The summed E-state index contributed by atoms with van der Waals surface area (Å²) in [6.45, 7) is 12.0. The van der Waals surface area contributed by atoms with Crippen molar-refractivity contribution >= 4 is 22.8 Å². The van der Waals surface area contributed by atoms with Gasteiger partial charge in [0.25, 0.3) is 0 Å². The molecule has 220 valence electrons. The van der Waals surface area contributed by atoms with Gasteiger partial charge in [0.2, 0.25) is 11.8 Å². The molecule has 1 aliphatic rings. The van der Waals surface area contributed by atoms with E-state index in [-0.39, 0.29) is 47.8 Å². The smallest absolute Gasteiger partial charge is 0.242 e. The second-order valence-corrected chi connectivity index (χ2v) is 12.8. The van der Waals surface area contributed by atoms with Gasteiger partial charge in [0.05, 0.1) is 36.4 Å². The van der Waals surface area contributed by atoms with Gasteiger partial charge in [-0.25, -0.2) is 0 Å². The molecule has 1 aromatic heterocycles. The molecule has 0 radical (unpaired) electrons. The van der Waals surface area contributed by atoms with Crippen molar-refractivity contribution in [2.75, 3.05) is 19.7 Å². The van der Waals surface area contributed by atoms with E-state index in [1.165, 1.54) is 6.26 Å². The molecule has 2 unspecified atom stereocenters. The van der Waals surface area contributed by atoms with Crippen molar-refractivity contribution in [2.45, 2.75) is 79.5 Å². The van der Waals surface area contributed by atoms with Gasteiger partial charge >= 0.3 is 0 Å². The number of carbonyl (C=O) groups is 2. The summed E-state index contributed by atoms with van der Waals surface area (Å²) in [6.07, 6.45) is 4.51. The van der Waals surface area contributed by atoms with Crippen molar-refractivity contribution in [3.8, 4) is 0 Å². The van der Waals surface area contributed by atoms with Gasteiger partial charge in [0, 0.05) is 26.1 Å². The summed E-state index contributed by atoms with van der Waals surface area (Å²) in [5, 5.41) is 0.498. The molecular formula is C34H44N2O5. The zero-order chi connectivity index (χ0) is 29.6. The van der Waals surface area contributed by atoms with Crippen LogP contribution in [0, 0.1) is 18.3 Å². The molecular weight excluding hydrogens is 516 g/mol. The molecule has 41 heavy (non-hydrogen) atoms. The Morgan fingerprint density at radius 2 is 1.78 bits per heavy atom. The van der Waals surface area contributed by atoms with E-state index < -0.39 is 0 Å². The third kappa shape index (κ3) is 8.77. The van der Waals surface area contributed by atoms with Crippen molar-refractivity contribution < 1.29 is 18.7 Å². The lowest BCUT2D eigenvalue weighted by Crippen LogP contribution is -2.46. The van der Waals surface area contributed by atoms with Gasteiger partial charge in [-0.05, 0) is 55.2 Å². The first-order chi connectivity index (χ1) is 19.5. The number of carbonyl (C=O) groups excluding carboxylic acids is 2. The molecule has 2 heterocycles. The first kappa shape index (κ1) is 30.5. The lowest BCUT2D eigenvalue weighted by Gasteiger charge is -2.30. The van der Waals surface area contributed by atoms with Crippen LogP contribution in [-0.2, 0) is 27.4 Å². The second kappa shape index (κ2) is 13.5. The van der Waals surface area contributed by atoms with Gasteiger partial charge in [-0.1, -0.05) is 69.7 Å². The van der Waals surface area contributed by atoms with E-state index >= 15 is 0 Å². The van der Waals surface area contributed by atoms with Gasteiger partial charge in [-0.2, -0.15) is 0 Å². The Hall–Kier alpha value is -3.45. The number of aryl methyl sites for hydroxylation is 1. The maximum Gasteiger partial charge on any atom is 0.242 e. The Bertz CT molecular complexity index is 1390. The summed E-state index contributed by atoms with van der Waals surface area (Å²) in [6, 6.07) is 15.2. The number of hydrogen-bond donors (Lipinski definition) is 0. The van der Waals surface area contributed by atoms with Crippen LogP contribution in [0.2, 0.25) is 0 Å². The molecule has 7 heteroatoms. The van der Waals surface area contributed by atoms with Crippen molar-refractivity contribution in [2.24, 2.45) is 11.3 Å². The summed E-state index contributed by atoms with van der Waals surface area (Å²) >= 11 is 0. The second-order valence-electron chi connectivity index (χ2n) is 12.8. The average molecular weight is 561 g/mol. The molecule has 0 saturated carbocycles. The lowest BCUT2D eigenvalue weighted by atomic mass is 9.84. The molecule has 0 spiro atoms. The predicted octanol–water partition coefficient (Wildman–Crippen LogP) is 6.10. The van der Waals surface area contributed by atoms with Crippen molar-refractivity contribution in [3.05, 3.63) is 81.7 Å². The Morgan fingerprint density at radius 1 is 1.02 bits per heavy atom. The number of hydrogen-bond acceptors (Lipinski definition) is 5. The zero-order valence-electron chi connectivity index (χ0n) is 25.2. The molecule has 4 rings (SSSR count). The molecule has 0 N–H and O–H groups in total. The molecule has 2 atom stereocenters. The molecule has 1 aliphatic heterocycles. The van der Waals surface area contributed by atoms with Gasteiger partial charge in [-0.3, -0.25) is 14.4 Å². The van der Waals surface area contributed by atoms with Gasteiger partial charge < -0.3 is 19.0 Å². The number of ether oxygens (including phenoxy) is 1. The predicted molar refractivity (Wildman–Crippen MR) is 161 cm³/mol. The minimum atomic E-state index is -0.215. The molecule has 2 amide bonds. The highest BCUT2D eigenvalue weighted by Crippen LogP contribution is 2.27. The topological polar surface area (TPSA) is 80.1 Å². The summed E-state index contributed by atoms with van der Waals surface area (Å²) in [5.74, 6) is -0.0610. The largest absolute Gasteiger partial charge is 0.464 e. The molecule has 1 saturated heterocycles. The van der Waals surface area contributed by atoms with E-state index in [0.29, 0.717) is 42.6 Å². The quantitative estimate of drug-likeness (QED) is 0.283. The highest BCUT2D eigenvalue weighted by molar-refractivity contribution is 5.85. The van der Waals surface area contributed by atoms with Gasteiger partial charge in [0.1, 0.15) is 5.58 Å². The van der Waals surface area contributed by atoms with E-state index in [4.69, 9.17) is 9.15 Å². The summed E-state index contributed by atoms with van der Waals surface area (Å²) in [5.41, 5.74) is 2.79. The van der Waals surface area contributed by atoms with Crippen LogP contribution in [0.3, 0.4) is 0 Å². The Labute approximate surface area is 243 Å². The van der Waals surface area contributed by atoms with Crippen LogP contribution in [0.25, 0.3) is 11.0 Å². The summed E-state index contributed by atoms with van der Waals surface area (Å²) in [4.78, 5) is 44.2. The van der Waals surface area contributed by atoms with Crippen LogP contribution in [0.4, 0.5) is 0 Å². The van der Waals surface area contributed by atoms with Gasteiger partial charge in [-0.15, -0.1) is 0 Å². The average Bonchev–Trinajstić information content (AvgIpc) is 3.42. The highest BCUT2D eigenvalue weighted by Gasteiger charge is 2.28. The molecule has 3 aromatic rings. The number of amides is 2. The number of benzene rings is 2. The highest BCUT2D eigenvalue weighted by atomic mass is 16.5. The minimum absolute atomic E-state index is 0.0362. The maximum atomic E-state index is 13.9. The van der Waals surface area contributed by atoms with E-state index in [2.05, 4.69) is 27.7 Å². The standard InChI is InChI=1S/C34H44N2O5/c1-24-13-14-30-29(16-24)33(39)27(23-41-30)20-35(19-26-10-7-6-8-11-26)32(38)22-36(21-28-12-9-15-40-28)31(37)17-25(2)18-34(3,4)5/h6-8,10-11,13-14,16,23,25,28H,9,12,15,17-22H2,1-5H3. The Kier molecular flexibility index (Phi) is 10.0. The normalized spacial score (nSPS) is 16.1. The van der Waals surface area contributed by atoms with E-state index in [1.807, 2.05) is 49.4 Å². The fourth-order valence-corrected chi connectivity index (χ4v) is 5.73. The van der Waals surface area contributed by atoms with Crippen LogP contribution in [0.1, 0.15) is 70.1 Å². The summed E-state index contributed by atoms with van der Waals surface area (Å²) in [7, 11) is 0. The van der Waals surface area contributed by atoms with Crippen molar-refractivity contribution in [1.82, 2.24) is 9.80 Å². The third-order valence-corrected chi connectivity index (χ3v) is 7.54. The fourth-order valence-electron chi connectivity index (χ4n) is 5.73. The van der Waals surface area contributed by atoms with E-state index in [9.17, 15) is 14.4 Å². The Morgan fingerprint density at radius 3 is 2.46 bits per heavy atom. The molecule has 0 bridgehead atoms. The van der Waals surface area contributed by atoms with Gasteiger partial charge in [0.15, 0.2) is 5.43 Å². The number of rotatable bonds is 11. The lowest BCUT2D eigenvalue weighted by molar-refractivity contribution is -0.143. The Balaban J connectivity index is 1.58. The van der Waals surface area contributed by atoms with E-state index in [0.717, 1.165) is 30.4 Å². The van der Waals surface area contributed by atoms with Crippen molar-refractivity contribution in [1.29, 1.82) is 0 Å². The van der Waals surface area contributed by atoms with Crippen LogP contribution >= 0.6 is 0 Å². The third-order valence-electron chi connectivity index (χ3n) is 7.54. The van der Waals surface area contributed by atoms with Crippen LogP contribution < -0.4 is 5.43 Å². The minimum Gasteiger partial charge on any atom is -0.464 e. The first-order valence-corrected chi connectivity index (χ1v) is 14.7. The zero-order valence-corrected chi connectivity index (χ0v) is 25.2. The molecule has 7 nitrogen and oxygen atoms in total. The van der Waals surface area contributed by atoms with E-state index in [1.54, 1.807) is 15.9 Å². The maximum absolute atomic E-state index is 13.9. The molecule has 0 aliphatic carbocycles. The van der Waals surface area contributed by atoms with Crippen molar-refractivity contribution in [3.63, 3.8) is 0 Å². The number of nitrogens with zero attached hydrogens (tertiary/aromatic N) is 2.